The quantitative estimate of drug-likeness (QED) is 0.756. The van der Waals surface area contributed by atoms with Gasteiger partial charge in [0.15, 0.2) is 6.61 Å². The van der Waals surface area contributed by atoms with E-state index in [1.807, 2.05) is 0 Å². The number of amides is 1. The molecule has 3 heterocycles. The predicted octanol–water partition coefficient (Wildman–Crippen LogP) is 0.934. The van der Waals surface area contributed by atoms with Gasteiger partial charge in [-0.3, -0.25) is 4.79 Å². The number of carbonyl (C=O) groups is 1. The van der Waals surface area contributed by atoms with Crippen molar-refractivity contribution in [3.05, 3.63) is 30.1 Å². The minimum absolute atomic E-state index is 0.123. The molecular weight excluding hydrogens is 361 g/mol. The number of piperidine rings is 1. The number of rotatable bonds is 5. The molecule has 26 heavy (non-hydrogen) atoms. The molecule has 7 nitrogen and oxygen atoms in total. The normalized spacial score (nSPS) is 23.9. The van der Waals surface area contributed by atoms with Crippen LogP contribution >= 0.6 is 0 Å². The Morgan fingerprint density at radius 3 is 2.54 bits per heavy atom. The van der Waals surface area contributed by atoms with Crippen LogP contribution in [0.5, 0.6) is 5.75 Å². The highest BCUT2D eigenvalue weighted by molar-refractivity contribution is 7.86. The van der Waals surface area contributed by atoms with Gasteiger partial charge in [-0.05, 0) is 43.0 Å². The maximum absolute atomic E-state index is 12.9. The van der Waals surface area contributed by atoms with E-state index in [9.17, 15) is 17.6 Å². The van der Waals surface area contributed by atoms with E-state index < -0.39 is 10.2 Å². The molecule has 0 N–H and O–H groups in total. The Hall–Kier alpha value is -1.71. The summed E-state index contributed by atoms with van der Waals surface area (Å²) in [6.45, 7) is 1.13. The van der Waals surface area contributed by atoms with Crippen LogP contribution in [0.25, 0.3) is 0 Å². The zero-order chi connectivity index (χ0) is 18.9. The van der Waals surface area contributed by atoms with Gasteiger partial charge in [0, 0.05) is 39.8 Å². The fraction of sp³-hybridized carbons (Fsp3) is 0.588. The molecular formula is C17H24FN3O4S. The first-order valence-corrected chi connectivity index (χ1v) is 10.0. The fourth-order valence-corrected chi connectivity index (χ4v) is 4.74. The maximum atomic E-state index is 12.9. The number of benzene rings is 1. The van der Waals surface area contributed by atoms with E-state index in [4.69, 9.17) is 4.74 Å². The van der Waals surface area contributed by atoms with Crippen molar-refractivity contribution in [1.29, 1.82) is 0 Å². The number of hydrogen-bond donors (Lipinski definition) is 0. The summed E-state index contributed by atoms with van der Waals surface area (Å²) < 4.78 is 46.0. The van der Waals surface area contributed by atoms with Gasteiger partial charge in [0.2, 0.25) is 0 Å². The number of nitrogens with zero attached hydrogens (tertiary/aromatic N) is 3. The molecule has 2 bridgehead atoms. The van der Waals surface area contributed by atoms with Crippen molar-refractivity contribution >= 4 is 16.1 Å². The van der Waals surface area contributed by atoms with Gasteiger partial charge in [-0.1, -0.05) is 0 Å². The van der Waals surface area contributed by atoms with Crippen molar-refractivity contribution in [3.8, 4) is 5.75 Å². The lowest BCUT2D eigenvalue weighted by Gasteiger charge is -2.36. The van der Waals surface area contributed by atoms with E-state index >= 15 is 0 Å². The van der Waals surface area contributed by atoms with E-state index in [1.165, 1.54) is 47.0 Å². The van der Waals surface area contributed by atoms with Crippen molar-refractivity contribution in [3.63, 3.8) is 0 Å². The smallest absolute Gasteiger partial charge is 0.281 e. The first-order chi connectivity index (χ1) is 12.3. The van der Waals surface area contributed by atoms with Gasteiger partial charge < -0.3 is 9.64 Å². The van der Waals surface area contributed by atoms with Gasteiger partial charge in [0.05, 0.1) is 0 Å². The molecule has 3 aliphatic heterocycles. The van der Waals surface area contributed by atoms with Gasteiger partial charge in [0.1, 0.15) is 11.6 Å². The van der Waals surface area contributed by atoms with Crippen LogP contribution in [0.15, 0.2) is 24.3 Å². The third-order valence-corrected chi connectivity index (χ3v) is 6.84. The molecule has 144 valence electrons. The average molecular weight is 385 g/mol. The SMILES string of the molecule is CN(C)S(=O)(=O)N1C[C@@H]2CC[C@H](C1)N(C(=O)COc1ccc(F)cc1)C2. The molecule has 0 aromatic heterocycles. The van der Waals surface area contributed by atoms with Gasteiger partial charge >= 0.3 is 0 Å². The van der Waals surface area contributed by atoms with Gasteiger partial charge in [0.25, 0.3) is 16.1 Å². The van der Waals surface area contributed by atoms with Crippen LogP contribution in [0, 0.1) is 11.7 Å². The predicted molar refractivity (Wildman–Crippen MR) is 94.3 cm³/mol. The van der Waals surface area contributed by atoms with Crippen LogP contribution < -0.4 is 4.74 Å². The summed E-state index contributed by atoms with van der Waals surface area (Å²) in [7, 11) is -0.465. The molecule has 0 unspecified atom stereocenters. The summed E-state index contributed by atoms with van der Waals surface area (Å²) in [5.41, 5.74) is 0. The highest BCUT2D eigenvalue weighted by atomic mass is 32.2. The third kappa shape index (κ3) is 3.99. The minimum Gasteiger partial charge on any atom is -0.484 e. The molecule has 3 aliphatic rings. The van der Waals surface area contributed by atoms with Crippen LogP contribution in [-0.4, -0.2) is 74.2 Å². The van der Waals surface area contributed by atoms with Crippen LogP contribution in [0.1, 0.15) is 12.8 Å². The van der Waals surface area contributed by atoms with Gasteiger partial charge in [-0.15, -0.1) is 0 Å². The molecule has 0 aliphatic carbocycles. The third-order valence-electron chi connectivity index (χ3n) is 4.96. The molecule has 2 atom stereocenters. The van der Waals surface area contributed by atoms with Crippen LogP contribution in [-0.2, 0) is 15.0 Å². The number of fused-ring (bicyclic) bond motifs is 4. The Bertz CT molecular complexity index is 754. The lowest BCUT2D eigenvalue weighted by molar-refractivity contribution is -0.137. The summed E-state index contributed by atoms with van der Waals surface area (Å²) in [5, 5.41) is 0. The summed E-state index contributed by atoms with van der Waals surface area (Å²) >= 11 is 0. The Morgan fingerprint density at radius 2 is 1.88 bits per heavy atom. The summed E-state index contributed by atoms with van der Waals surface area (Å²) in [6.07, 6.45) is 1.69. The van der Waals surface area contributed by atoms with Crippen LogP contribution in [0.2, 0.25) is 0 Å². The fourth-order valence-electron chi connectivity index (χ4n) is 3.52. The average Bonchev–Trinajstić information content (AvgIpc) is 2.93. The Labute approximate surface area is 153 Å². The molecule has 1 aromatic rings. The molecule has 9 heteroatoms. The molecule has 1 amide bonds. The standard InChI is InChI=1S/C17H24FN3O4S/c1-19(2)26(23,24)20-9-13-3-6-15(11-20)21(10-13)17(22)12-25-16-7-4-14(18)5-8-16/h4-5,7-8,13,15H,3,6,9-12H2,1-2H3/t13-,15+/m0/s1. The minimum atomic E-state index is -3.50. The van der Waals surface area contributed by atoms with E-state index in [2.05, 4.69) is 0 Å². The van der Waals surface area contributed by atoms with Crippen molar-refractivity contribution in [1.82, 2.24) is 13.5 Å². The van der Waals surface area contributed by atoms with Crippen LogP contribution in [0.3, 0.4) is 0 Å². The molecule has 0 spiro atoms. The Morgan fingerprint density at radius 1 is 1.19 bits per heavy atom. The number of carbonyl (C=O) groups excluding carboxylic acids is 1. The van der Waals surface area contributed by atoms with E-state index in [0.717, 1.165) is 12.8 Å². The van der Waals surface area contributed by atoms with Crippen LogP contribution in [0.4, 0.5) is 4.39 Å². The number of halogens is 1. The van der Waals surface area contributed by atoms with E-state index in [-0.39, 0.29) is 30.3 Å². The van der Waals surface area contributed by atoms with Crippen molar-refractivity contribution < 1.29 is 22.3 Å². The van der Waals surface area contributed by atoms with Gasteiger partial charge in [-0.25, -0.2) is 4.39 Å². The first kappa shape index (κ1) is 19.1. The lowest BCUT2D eigenvalue weighted by Crippen LogP contribution is -2.49. The molecule has 0 radical (unpaired) electrons. The summed E-state index contributed by atoms with van der Waals surface area (Å²) in [6, 6.07) is 5.35. The Balaban J connectivity index is 1.66. The summed E-state index contributed by atoms with van der Waals surface area (Å²) in [4.78, 5) is 14.4. The second-order valence-corrected chi connectivity index (χ2v) is 9.14. The highest BCUT2D eigenvalue weighted by Crippen LogP contribution is 2.30. The van der Waals surface area contributed by atoms with Gasteiger partial charge in [-0.2, -0.15) is 17.0 Å². The lowest BCUT2D eigenvalue weighted by atomic mass is 9.95. The highest BCUT2D eigenvalue weighted by Gasteiger charge is 2.41. The molecule has 4 rings (SSSR count). The number of ether oxygens (including phenoxy) is 1. The zero-order valence-electron chi connectivity index (χ0n) is 15.0. The monoisotopic (exact) mass is 385 g/mol. The van der Waals surface area contributed by atoms with Crippen molar-refractivity contribution in [2.24, 2.45) is 5.92 Å². The Kier molecular flexibility index (Phi) is 5.50. The summed E-state index contributed by atoms with van der Waals surface area (Å²) in [5.74, 6) is 0.0126. The largest absolute Gasteiger partial charge is 0.484 e. The first-order valence-electron chi connectivity index (χ1n) is 8.63. The second kappa shape index (κ2) is 7.50. The molecule has 3 fully saturated rings. The maximum Gasteiger partial charge on any atom is 0.281 e. The van der Waals surface area contributed by atoms with E-state index in [0.29, 0.717) is 25.4 Å². The second-order valence-electron chi connectivity index (χ2n) is 6.99. The topological polar surface area (TPSA) is 70.2 Å². The van der Waals surface area contributed by atoms with Crippen molar-refractivity contribution in [2.45, 2.75) is 18.9 Å². The molecule has 0 saturated carbocycles. The molecule has 3 saturated heterocycles. The number of hydrogen-bond acceptors (Lipinski definition) is 4. The molecule has 1 aromatic carbocycles. The van der Waals surface area contributed by atoms with E-state index in [1.54, 1.807) is 4.90 Å². The van der Waals surface area contributed by atoms with Crippen molar-refractivity contribution in [2.75, 3.05) is 40.3 Å². The zero-order valence-corrected chi connectivity index (χ0v) is 15.8.